The highest BCUT2D eigenvalue weighted by Gasteiger charge is 2.36. The summed E-state index contributed by atoms with van der Waals surface area (Å²) in [5.74, 6) is 0.262. The normalized spacial score (nSPS) is 23.8. The van der Waals surface area contributed by atoms with Crippen molar-refractivity contribution in [3.8, 4) is 0 Å². The Balaban J connectivity index is 2.39. The number of carbonyl (C=O) groups is 1. The van der Waals surface area contributed by atoms with E-state index in [4.69, 9.17) is 9.94 Å². The highest BCUT2D eigenvalue weighted by molar-refractivity contribution is 7.21. The van der Waals surface area contributed by atoms with Gasteiger partial charge in [-0.1, -0.05) is 8.86 Å². The van der Waals surface area contributed by atoms with Gasteiger partial charge in [0.15, 0.2) is 5.78 Å². The molecule has 70 valence electrons. The Labute approximate surface area is 77.8 Å². The second-order valence-electron chi connectivity index (χ2n) is 3.22. The van der Waals surface area contributed by atoms with Crippen molar-refractivity contribution in [1.29, 1.82) is 0 Å². The molecule has 0 radical (unpaired) electrons. The molecule has 0 unspecified atom stereocenters. The van der Waals surface area contributed by atoms with Crippen molar-refractivity contribution in [3.05, 3.63) is 11.3 Å². The molecule has 0 aromatic carbocycles. The van der Waals surface area contributed by atoms with Gasteiger partial charge < -0.3 is 4.74 Å². The maximum atomic E-state index is 11.4. The average molecular weight is 199 g/mol. The van der Waals surface area contributed by atoms with Crippen LogP contribution in [0.5, 0.6) is 0 Å². The molecule has 1 fully saturated rings. The van der Waals surface area contributed by atoms with E-state index in [-0.39, 0.29) is 12.4 Å². The van der Waals surface area contributed by atoms with Crippen LogP contribution < -0.4 is 5.48 Å². The monoisotopic (exact) mass is 199 g/mol. The fourth-order valence-electron chi connectivity index (χ4n) is 1.46. The fraction of sp³-hybridized carbons (Fsp3) is 0.500. The Morgan fingerprint density at radius 3 is 2.77 bits per heavy atom. The van der Waals surface area contributed by atoms with E-state index in [1.54, 1.807) is 0 Å². The maximum Gasteiger partial charge on any atom is 0.187 e. The third-order valence-corrected chi connectivity index (χ3v) is 2.64. The quantitative estimate of drug-likeness (QED) is 0.502. The van der Waals surface area contributed by atoms with Crippen LogP contribution in [-0.2, 0) is 9.53 Å². The number of hydrogen-bond acceptors (Lipinski definition) is 4. The first-order valence-corrected chi connectivity index (χ1v) is 4.63. The molecule has 0 amide bonds. The van der Waals surface area contributed by atoms with Crippen molar-refractivity contribution < 1.29 is 14.7 Å². The van der Waals surface area contributed by atoms with Crippen molar-refractivity contribution in [2.24, 2.45) is 5.92 Å². The van der Waals surface area contributed by atoms with Gasteiger partial charge in [-0.3, -0.25) is 15.5 Å². The predicted molar refractivity (Wildman–Crippen MR) is 49.0 cm³/mol. The summed E-state index contributed by atoms with van der Waals surface area (Å²) < 4.78 is 5.00. The number of hydroxylamine groups is 1. The third-order valence-electron chi connectivity index (χ3n) is 2.24. The Morgan fingerprint density at radius 1 is 1.54 bits per heavy atom. The van der Waals surface area contributed by atoms with Gasteiger partial charge in [-0.15, -0.1) is 0 Å². The van der Waals surface area contributed by atoms with Crippen LogP contribution in [-0.4, -0.2) is 23.1 Å². The van der Waals surface area contributed by atoms with E-state index in [1.165, 1.54) is 0 Å². The number of rotatable bonds is 2. The number of carbonyl (C=O) groups excluding carboxylic acids is 1. The molecule has 2 rings (SSSR count). The third kappa shape index (κ3) is 1.53. The molecule has 2 aliphatic rings. The van der Waals surface area contributed by atoms with Gasteiger partial charge in [0.1, 0.15) is 17.8 Å². The minimum absolute atomic E-state index is 0.0407. The molecule has 1 aliphatic carbocycles. The summed E-state index contributed by atoms with van der Waals surface area (Å²) >= 11 is 0. The lowest BCUT2D eigenvalue weighted by atomic mass is 10.0. The van der Waals surface area contributed by atoms with Gasteiger partial charge >= 0.3 is 0 Å². The average Bonchev–Trinajstić information content (AvgIpc) is 2.91. The van der Waals surface area contributed by atoms with Crippen molar-refractivity contribution >= 4 is 20.1 Å². The molecule has 1 heterocycles. The summed E-state index contributed by atoms with van der Waals surface area (Å²) in [6, 6.07) is 0. The van der Waals surface area contributed by atoms with Crippen molar-refractivity contribution in [2.75, 3.05) is 6.61 Å². The lowest BCUT2D eigenvalue weighted by Gasteiger charge is -2.19. The molecule has 1 saturated carbocycles. The van der Waals surface area contributed by atoms with Crippen molar-refractivity contribution in [1.82, 2.24) is 5.48 Å². The first-order chi connectivity index (χ1) is 6.24. The number of hydrogen-bond donors (Lipinski definition) is 2. The summed E-state index contributed by atoms with van der Waals surface area (Å²) in [5, 5.41) is 8.83. The molecule has 0 atom stereocenters. The van der Waals surface area contributed by atoms with Crippen LogP contribution in [0.15, 0.2) is 11.3 Å². The number of ether oxygens (including phenoxy) is 1. The van der Waals surface area contributed by atoms with Crippen LogP contribution in [0.4, 0.5) is 0 Å². The zero-order valence-corrected chi connectivity index (χ0v) is 7.96. The van der Waals surface area contributed by atoms with Crippen LogP contribution in [0.3, 0.4) is 0 Å². The number of Topliss-reactive ketones (excluding diaryl/α,β-unsaturated/α-hetero) is 1. The number of ketones is 1. The Kier molecular flexibility index (Phi) is 2.20. The summed E-state index contributed by atoms with van der Waals surface area (Å²) in [6.45, 7) is 0.0653. The van der Waals surface area contributed by atoms with E-state index in [0.717, 1.165) is 12.8 Å². The van der Waals surface area contributed by atoms with Crippen molar-refractivity contribution in [2.45, 2.75) is 12.8 Å². The topological polar surface area (TPSA) is 58.6 Å². The molecule has 0 bridgehead atoms. The Morgan fingerprint density at radius 2 is 2.23 bits per heavy atom. The van der Waals surface area contributed by atoms with E-state index >= 15 is 0 Å². The predicted octanol–water partition coefficient (Wildman–Crippen LogP) is 0.501. The van der Waals surface area contributed by atoms with E-state index < -0.39 is 0 Å². The van der Waals surface area contributed by atoms with Gasteiger partial charge in [-0.2, -0.15) is 0 Å². The highest BCUT2D eigenvalue weighted by atomic mass is 31.0. The summed E-state index contributed by atoms with van der Waals surface area (Å²) in [6.07, 6.45) is 2.04. The van der Waals surface area contributed by atoms with Crippen LogP contribution in [0.1, 0.15) is 12.8 Å². The summed E-state index contributed by atoms with van der Waals surface area (Å²) in [5.41, 5.74) is 3.46. The first-order valence-electron chi connectivity index (χ1n) is 4.13. The van der Waals surface area contributed by atoms with E-state index in [0.29, 0.717) is 22.7 Å². The second kappa shape index (κ2) is 3.22. The molecular weight excluding hydrogens is 189 g/mol. The fourth-order valence-corrected chi connectivity index (χ4v) is 1.73. The molecule has 0 aromatic rings. The van der Waals surface area contributed by atoms with Gasteiger partial charge in [0.05, 0.1) is 0 Å². The molecule has 5 heteroatoms. The smallest absolute Gasteiger partial charge is 0.187 e. The SMILES string of the molecule is O=C1COC(=P)C(NO)=C1C1CC1. The molecule has 13 heavy (non-hydrogen) atoms. The molecule has 4 nitrogen and oxygen atoms in total. The van der Waals surface area contributed by atoms with Gasteiger partial charge in [-0.25, -0.2) is 0 Å². The maximum absolute atomic E-state index is 11.4. The summed E-state index contributed by atoms with van der Waals surface area (Å²) in [4.78, 5) is 11.4. The van der Waals surface area contributed by atoms with Gasteiger partial charge in [0.2, 0.25) is 0 Å². The second-order valence-corrected chi connectivity index (χ2v) is 3.67. The Hall–Kier alpha value is -0.700. The lowest BCUT2D eigenvalue weighted by molar-refractivity contribution is -0.118. The zero-order chi connectivity index (χ0) is 9.42. The van der Waals surface area contributed by atoms with Crippen LogP contribution in [0.2, 0.25) is 0 Å². The molecule has 0 spiro atoms. The van der Waals surface area contributed by atoms with Gasteiger partial charge in [-0.05, 0) is 18.8 Å². The first kappa shape index (κ1) is 8.88. The summed E-state index contributed by atoms with van der Waals surface area (Å²) in [7, 11) is 3.19. The van der Waals surface area contributed by atoms with Crippen LogP contribution in [0, 0.1) is 5.92 Å². The largest absolute Gasteiger partial charge is 0.331 e. The number of nitrogens with one attached hydrogen (secondary N) is 1. The molecule has 1 aliphatic heterocycles. The van der Waals surface area contributed by atoms with Crippen LogP contribution in [0.25, 0.3) is 0 Å². The molecule has 0 saturated heterocycles. The van der Waals surface area contributed by atoms with E-state index in [9.17, 15) is 4.79 Å². The van der Waals surface area contributed by atoms with E-state index in [1.807, 2.05) is 5.48 Å². The molecule has 2 N–H and O–H groups in total. The Bertz CT molecular complexity index is 307. The van der Waals surface area contributed by atoms with Crippen molar-refractivity contribution in [3.63, 3.8) is 0 Å². The minimum Gasteiger partial charge on any atom is -0.331 e. The minimum atomic E-state index is -0.0407. The molecular formula is C8H10NO3P. The van der Waals surface area contributed by atoms with Crippen LogP contribution >= 0.6 is 8.86 Å². The standard InChI is InChI=1S/C8H10NO3P/c10-5-3-12-8(13)7(9-11)6(5)4-1-2-4/h4,9,11,13H,1-3H2. The van der Waals surface area contributed by atoms with Gasteiger partial charge in [0.25, 0.3) is 0 Å². The van der Waals surface area contributed by atoms with E-state index in [2.05, 4.69) is 8.86 Å². The zero-order valence-electron chi connectivity index (χ0n) is 6.96. The lowest BCUT2D eigenvalue weighted by Crippen LogP contribution is -2.31. The molecule has 0 aromatic heterocycles. The highest BCUT2D eigenvalue weighted by Crippen LogP contribution is 2.39. The van der Waals surface area contributed by atoms with Gasteiger partial charge in [0, 0.05) is 5.57 Å².